The van der Waals surface area contributed by atoms with E-state index in [1.807, 2.05) is 38.1 Å². The van der Waals surface area contributed by atoms with Crippen LogP contribution in [0.4, 0.5) is 0 Å². The lowest BCUT2D eigenvalue weighted by molar-refractivity contribution is 0.184. The third-order valence-corrected chi connectivity index (χ3v) is 6.62. The van der Waals surface area contributed by atoms with E-state index in [1.165, 1.54) is 11.3 Å². The molecule has 8 heteroatoms. The monoisotopic (exact) mass is 520 g/mol. The number of rotatable bonds is 8. The van der Waals surface area contributed by atoms with Crippen LogP contribution in [0.5, 0.6) is 5.75 Å². The number of nitrogens with two attached hydrogens (primary N) is 1. The fourth-order valence-electron chi connectivity index (χ4n) is 3.52. The highest BCUT2D eigenvalue weighted by molar-refractivity contribution is 7.12. The molecular formula is C26H30Cl2N2O3S. The molecule has 2 N–H and O–H groups in total. The minimum Gasteiger partial charge on any atom is -0.496 e. The summed E-state index contributed by atoms with van der Waals surface area (Å²) < 4.78 is 15.9. The Bertz CT molecular complexity index is 1150. The third kappa shape index (κ3) is 6.73. The predicted octanol–water partition coefficient (Wildman–Crippen LogP) is 6.09. The zero-order valence-corrected chi connectivity index (χ0v) is 22.4. The van der Waals surface area contributed by atoms with Crippen molar-refractivity contribution < 1.29 is 14.2 Å². The van der Waals surface area contributed by atoms with Crippen LogP contribution >= 0.6 is 35.3 Å². The first-order valence-electron chi connectivity index (χ1n) is 10.5. The predicted molar refractivity (Wildman–Crippen MR) is 142 cm³/mol. The minimum atomic E-state index is -0.507. The normalized spacial score (nSPS) is 12.3. The van der Waals surface area contributed by atoms with Gasteiger partial charge in [-0.3, -0.25) is 0 Å². The number of ether oxygens (including phenoxy) is 3. The molecule has 0 aliphatic rings. The van der Waals surface area contributed by atoms with Crippen LogP contribution in [-0.4, -0.2) is 32.9 Å². The summed E-state index contributed by atoms with van der Waals surface area (Å²) in [5, 5.41) is 1.35. The number of aromatic nitrogens is 1. The van der Waals surface area contributed by atoms with Gasteiger partial charge in [0.15, 0.2) is 0 Å². The van der Waals surface area contributed by atoms with Gasteiger partial charge in [0.1, 0.15) is 16.8 Å². The standard InChI is InChI=1S/C26H29ClN2O3S.ClH/c1-16-12-21(22(27)13-24(16)32-5)25-17(2)33-26(29-25)23(28)11-10-20(15-31-4)19-8-6-18(7-9-19)14-30-3;/h6-9,12-13,20,23H,14-15,28H2,1-5H3;1H/t20-,23?;/m1./s1. The molecule has 0 radical (unpaired) electrons. The molecule has 2 atom stereocenters. The molecular weight excluding hydrogens is 491 g/mol. The third-order valence-electron chi connectivity index (χ3n) is 5.26. The van der Waals surface area contributed by atoms with Gasteiger partial charge in [0.25, 0.3) is 0 Å². The lowest BCUT2D eigenvalue weighted by atomic mass is 9.99. The van der Waals surface area contributed by atoms with Gasteiger partial charge in [-0.05, 0) is 42.7 Å². The molecule has 3 aromatic rings. The van der Waals surface area contributed by atoms with Crippen LogP contribution in [-0.2, 0) is 16.1 Å². The summed E-state index contributed by atoms with van der Waals surface area (Å²) in [7, 11) is 4.99. The van der Waals surface area contributed by atoms with Gasteiger partial charge in [0.05, 0.1) is 37.0 Å². The molecule has 5 nitrogen and oxygen atoms in total. The zero-order chi connectivity index (χ0) is 24.0. The minimum absolute atomic E-state index is 0. The Labute approximate surface area is 217 Å². The van der Waals surface area contributed by atoms with E-state index in [4.69, 9.17) is 36.5 Å². The maximum atomic E-state index is 6.52. The molecule has 3 rings (SSSR count). The van der Waals surface area contributed by atoms with Crippen LogP contribution < -0.4 is 10.5 Å². The van der Waals surface area contributed by atoms with E-state index in [0.717, 1.165) is 43.6 Å². The number of hydrogen-bond acceptors (Lipinski definition) is 6. The number of nitrogens with zero attached hydrogens (tertiary/aromatic N) is 1. The van der Waals surface area contributed by atoms with Crippen molar-refractivity contribution in [3.05, 3.63) is 68.0 Å². The van der Waals surface area contributed by atoms with Crippen LogP contribution in [0, 0.1) is 25.7 Å². The van der Waals surface area contributed by atoms with Crippen molar-refractivity contribution >= 4 is 35.3 Å². The molecule has 0 aliphatic heterocycles. The highest BCUT2D eigenvalue weighted by Crippen LogP contribution is 2.37. The number of benzene rings is 2. The summed E-state index contributed by atoms with van der Waals surface area (Å²) in [6.07, 6.45) is 0. The lowest BCUT2D eigenvalue weighted by Crippen LogP contribution is -2.09. The molecule has 0 saturated heterocycles. The Morgan fingerprint density at radius 3 is 2.38 bits per heavy atom. The van der Waals surface area contributed by atoms with Gasteiger partial charge in [-0.1, -0.05) is 47.7 Å². The first-order chi connectivity index (χ1) is 15.9. The maximum absolute atomic E-state index is 6.52. The van der Waals surface area contributed by atoms with E-state index in [2.05, 4.69) is 24.0 Å². The largest absolute Gasteiger partial charge is 0.496 e. The van der Waals surface area contributed by atoms with Crippen LogP contribution in [0.1, 0.15) is 38.5 Å². The van der Waals surface area contributed by atoms with E-state index in [9.17, 15) is 0 Å². The average molecular weight is 522 g/mol. The molecule has 0 fully saturated rings. The number of halogens is 2. The van der Waals surface area contributed by atoms with Gasteiger partial charge in [-0.25, -0.2) is 4.98 Å². The van der Waals surface area contributed by atoms with Crippen molar-refractivity contribution in [1.82, 2.24) is 4.98 Å². The fraction of sp³-hybridized carbons (Fsp3) is 0.346. The summed E-state index contributed by atoms with van der Waals surface area (Å²) in [5.74, 6) is 7.12. The van der Waals surface area contributed by atoms with Crippen molar-refractivity contribution in [2.75, 3.05) is 27.9 Å². The van der Waals surface area contributed by atoms with E-state index in [-0.39, 0.29) is 18.3 Å². The molecule has 1 unspecified atom stereocenters. The second-order valence-electron chi connectivity index (χ2n) is 7.71. The fourth-order valence-corrected chi connectivity index (χ4v) is 4.65. The van der Waals surface area contributed by atoms with Crippen LogP contribution in [0.2, 0.25) is 5.02 Å². The summed E-state index contributed by atoms with van der Waals surface area (Å²) in [6.45, 7) is 5.06. The van der Waals surface area contributed by atoms with E-state index >= 15 is 0 Å². The van der Waals surface area contributed by atoms with E-state index in [1.54, 1.807) is 21.3 Å². The zero-order valence-electron chi connectivity index (χ0n) is 20.0. The number of methoxy groups -OCH3 is 3. The van der Waals surface area contributed by atoms with Gasteiger partial charge >= 0.3 is 0 Å². The smallest absolute Gasteiger partial charge is 0.123 e. The average Bonchev–Trinajstić information content (AvgIpc) is 3.20. The van der Waals surface area contributed by atoms with Gasteiger partial charge in [0.2, 0.25) is 0 Å². The van der Waals surface area contributed by atoms with E-state index in [0.29, 0.717) is 18.2 Å². The van der Waals surface area contributed by atoms with Gasteiger partial charge in [-0.2, -0.15) is 0 Å². The molecule has 1 aromatic heterocycles. The Balaban J connectivity index is 0.00000408. The van der Waals surface area contributed by atoms with Crippen molar-refractivity contribution in [3.63, 3.8) is 0 Å². The number of aryl methyl sites for hydroxylation is 2. The quantitative estimate of drug-likeness (QED) is 0.364. The Morgan fingerprint density at radius 2 is 1.76 bits per heavy atom. The van der Waals surface area contributed by atoms with Gasteiger partial charge < -0.3 is 19.9 Å². The summed E-state index contributed by atoms with van der Waals surface area (Å²) >= 11 is 8.05. The molecule has 2 aromatic carbocycles. The van der Waals surface area contributed by atoms with Crippen LogP contribution in [0.15, 0.2) is 36.4 Å². The molecule has 0 saturated carbocycles. The van der Waals surface area contributed by atoms with Crippen LogP contribution in [0.3, 0.4) is 0 Å². The Hall–Kier alpha value is -2.11. The van der Waals surface area contributed by atoms with Crippen molar-refractivity contribution in [3.8, 4) is 28.8 Å². The summed E-state index contributed by atoms with van der Waals surface area (Å²) in [5.41, 5.74) is 11.3. The van der Waals surface area contributed by atoms with Gasteiger partial charge in [0, 0.05) is 24.7 Å². The second-order valence-corrected chi connectivity index (χ2v) is 9.35. The molecule has 0 amide bonds. The molecule has 182 valence electrons. The second kappa shape index (κ2) is 13.1. The molecule has 34 heavy (non-hydrogen) atoms. The highest BCUT2D eigenvalue weighted by Gasteiger charge is 2.18. The van der Waals surface area contributed by atoms with Crippen molar-refractivity contribution in [2.45, 2.75) is 32.4 Å². The number of hydrogen-bond donors (Lipinski definition) is 1. The van der Waals surface area contributed by atoms with Crippen molar-refractivity contribution in [2.24, 2.45) is 5.73 Å². The van der Waals surface area contributed by atoms with Gasteiger partial charge in [-0.15, -0.1) is 23.7 Å². The Morgan fingerprint density at radius 1 is 1.06 bits per heavy atom. The topological polar surface area (TPSA) is 66.6 Å². The SMILES string of the molecule is COCc1ccc([C@H](C#CC(N)c2nc(-c3cc(C)c(OC)cc3Cl)c(C)s2)COC)cc1.Cl. The maximum Gasteiger partial charge on any atom is 0.123 e. The molecule has 0 bridgehead atoms. The summed E-state index contributed by atoms with van der Waals surface area (Å²) in [4.78, 5) is 5.82. The van der Waals surface area contributed by atoms with Crippen LogP contribution in [0.25, 0.3) is 11.3 Å². The van der Waals surface area contributed by atoms with Crippen molar-refractivity contribution in [1.29, 1.82) is 0 Å². The summed E-state index contributed by atoms with van der Waals surface area (Å²) in [6, 6.07) is 11.5. The first-order valence-corrected chi connectivity index (χ1v) is 11.7. The lowest BCUT2D eigenvalue weighted by Gasteiger charge is -2.11. The molecule has 0 aliphatic carbocycles. The molecule has 0 spiro atoms. The Kier molecular flexibility index (Phi) is 10.8. The first kappa shape index (κ1) is 28.1. The highest BCUT2D eigenvalue weighted by atomic mass is 35.5. The number of thiazole rings is 1. The van der Waals surface area contributed by atoms with E-state index < -0.39 is 6.04 Å². The molecule has 1 heterocycles.